The number of rotatable bonds is 7. The van der Waals surface area contributed by atoms with Gasteiger partial charge in [-0.1, -0.05) is 6.92 Å². The Morgan fingerprint density at radius 1 is 1.42 bits per heavy atom. The highest BCUT2D eigenvalue weighted by atomic mass is 35.5. The first-order valence-electron chi connectivity index (χ1n) is 10.7. The van der Waals surface area contributed by atoms with Crippen LogP contribution in [0.25, 0.3) is 11.2 Å². The Labute approximate surface area is 196 Å². The molecule has 2 aliphatic heterocycles. The molecule has 4 heterocycles. The number of pyridine rings is 1. The van der Waals surface area contributed by atoms with Crippen LogP contribution in [-0.2, 0) is 32.4 Å². The van der Waals surface area contributed by atoms with Gasteiger partial charge >= 0.3 is 13.8 Å². The molecule has 2 N–H and O–H groups in total. The van der Waals surface area contributed by atoms with E-state index in [4.69, 9.17) is 40.4 Å². The molecule has 4 rings (SSSR count). The maximum absolute atomic E-state index is 13.1. The van der Waals surface area contributed by atoms with Crippen LogP contribution in [-0.4, -0.2) is 56.9 Å². The smallest absolute Gasteiger partial charge is 0.463 e. The number of esters is 1. The number of carbonyl (C=O) groups excluding carboxylic acids is 1. The van der Waals surface area contributed by atoms with Crippen LogP contribution in [0.3, 0.4) is 0 Å². The third kappa shape index (κ3) is 4.76. The molecule has 33 heavy (non-hydrogen) atoms. The molecule has 6 atom stereocenters. The number of phosphoric ester groups is 1. The van der Waals surface area contributed by atoms with Gasteiger partial charge in [-0.25, -0.2) is 14.5 Å². The SMILES string of the molecule is CC(C)OC(=O)[C@@H](C)CCO[P@@]1(=O)OC[C@H]2O[C@@H](n3cnc4c(N)ccnc43)[C@](C)(Cl)[C@@H]2O1. The van der Waals surface area contributed by atoms with E-state index in [1.807, 2.05) is 0 Å². The molecule has 2 saturated heterocycles. The highest BCUT2D eigenvalue weighted by Crippen LogP contribution is 2.60. The number of fused-ring (bicyclic) bond motifs is 2. The van der Waals surface area contributed by atoms with Gasteiger partial charge in [0.2, 0.25) is 0 Å². The summed E-state index contributed by atoms with van der Waals surface area (Å²) in [6.07, 6.45) is 1.11. The summed E-state index contributed by atoms with van der Waals surface area (Å²) in [5.41, 5.74) is 7.50. The lowest BCUT2D eigenvalue weighted by atomic mass is 10.0. The number of aromatic nitrogens is 3. The van der Waals surface area contributed by atoms with Gasteiger partial charge in [-0.2, -0.15) is 0 Å². The quantitative estimate of drug-likeness (QED) is 0.340. The maximum Gasteiger partial charge on any atom is 0.475 e. The van der Waals surface area contributed by atoms with Crippen LogP contribution in [0.1, 0.15) is 40.3 Å². The van der Waals surface area contributed by atoms with Crippen LogP contribution in [0.4, 0.5) is 5.69 Å². The lowest BCUT2D eigenvalue weighted by molar-refractivity contribution is -0.152. The van der Waals surface area contributed by atoms with Crippen molar-refractivity contribution < 1.29 is 32.4 Å². The van der Waals surface area contributed by atoms with Gasteiger partial charge in [0.25, 0.3) is 0 Å². The van der Waals surface area contributed by atoms with Gasteiger partial charge in [0.15, 0.2) is 11.9 Å². The van der Waals surface area contributed by atoms with Crippen molar-refractivity contribution in [2.75, 3.05) is 18.9 Å². The number of carbonyl (C=O) groups is 1. The summed E-state index contributed by atoms with van der Waals surface area (Å²) in [4.78, 5) is 19.5. The molecular formula is C20H28ClN4O7P. The molecular weight excluding hydrogens is 475 g/mol. The fourth-order valence-corrected chi connectivity index (χ4v) is 5.73. The molecule has 0 saturated carbocycles. The molecule has 2 aromatic rings. The van der Waals surface area contributed by atoms with E-state index in [0.717, 1.165) is 0 Å². The zero-order valence-corrected chi connectivity index (χ0v) is 20.5. The number of hydrogen-bond acceptors (Lipinski definition) is 10. The molecule has 0 radical (unpaired) electrons. The van der Waals surface area contributed by atoms with E-state index < -0.39 is 37.1 Å². The molecule has 11 nitrogen and oxygen atoms in total. The Bertz CT molecular complexity index is 1080. The van der Waals surface area contributed by atoms with Crippen molar-refractivity contribution in [1.82, 2.24) is 14.5 Å². The molecule has 2 fully saturated rings. The van der Waals surface area contributed by atoms with Crippen molar-refractivity contribution in [3.63, 3.8) is 0 Å². The lowest BCUT2D eigenvalue weighted by Gasteiger charge is -2.34. The van der Waals surface area contributed by atoms with Gasteiger partial charge in [0.1, 0.15) is 22.6 Å². The van der Waals surface area contributed by atoms with Gasteiger partial charge in [0.05, 0.1) is 37.3 Å². The molecule has 0 unspecified atom stereocenters. The number of halogens is 1. The predicted molar refractivity (Wildman–Crippen MR) is 120 cm³/mol. The monoisotopic (exact) mass is 502 g/mol. The maximum atomic E-state index is 13.1. The normalized spacial score (nSPS) is 32.7. The van der Waals surface area contributed by atoms with Gasteiger partial charge in [0, 0.05) is 6.20 Å². The number of anilines is 1. The first-order valence-corrected chi connectivity index (χ1v) is 12.5. The van der Waals surface area contributed by atoms with E-state index in [2.05, 4.69) is 9.97 Å². The van der Waals surface area contributed by atoms with Crippen molar-refractivity contribution in [3.8, 4) is 0 Å². The Kier molecular flexibility index (Phi) is 6.74. The Balaban J connectivity index is 1.43. The van der Waals surface area contributed by atoms with E-state index in [-0.39, 0.29) is 25.3 Å². The third-order valence-corrected chi connectivity index (χ3v) is 7.47. The van der Waals surface area contributed by atoms with Gasteiger partial charge in [-0.15, -0.1) is 11.6 Å². The number of alkyl halides is 1. The minimum absolute atomic E-state index is 0.0122. The fraction of sp³-hybridized carbons (Fsp3) is 0.650. The second kappa shape index (κ2) is 9.13. The van der Waals surface area contributed by atoms with Crippen LogP contribution in [0.5, 0.6) is 0 Å². The standard InChI is InChI=1S/C20H28ClN4O7P/c1-11(2)30-18(26)12(3)6-8-28-33(27)29-9-14-16(32-33)20(4,21)19(31-14)25-10-24-15-13(22)5-7-23-17(15)25/h5,7,10-12,14,16,19H,6,8-9H2,1-4H3,(H2,22,23)/t12-,14+,16+,19+,20+,33-/m0/s1. The van der Waals surface area contributed by atoms with Crippen molar-refractivity contribution in [1.29, 1.82) is 0 Å². The van der Waals surface area contributed by atoms with Gasteiger partial charge in [-0.05, 0) is 33.3 Å². The molecule has 0 amide bonds. The molecule has 2 aromatic heterocycles. The molecule has 13 heteroatoms. The summed E-state index contributed by atoms with van der Waals surface area (Å²) >= 11 is 6.89. The minimum Gasteiger partial charge on any atom is -0.463 e. The first kappa shape index (κ1) is 24.4. The van der Waals surface area contributed by atoms with Crippen LogP contribution >= 0.6 is 19.4 Å². The second-order valence-electron chi connectivity index (χ2n) is 8.68. The number of phosphoric acid groups is 1. The number of nitrogens with two attached hydrogens (primary N) is 1. The summed E-state index contributed by atoms with van der Waals surface area (Å²) in [6.45, 7) is 6.94. The van der Waals surface area contributed by atoms with E-state index >= 15 is 0 Å². The summed E-state index contributed by atoms with van der Waals surface area (Å²) in [5, 5.41) is 0. The topological polar surface area (TPSA) is 137 Å². The van der Waals surface area contributed by atoms with Crippen molar-refractivity contribution in [2.24, 2.45) is 5.92 Å². The molecule has 0 aliphatic carbocycles. The fourth-order valence-electron chi connectivity index (χ4n) is 3.84. The van der Waals surface area contributed by atoms with Crippen molar-refractivity contribution in [2.45, 2.75) is 63.5 Å². The van der Waals surface area contributed by atoms with Crippen LogP contribution < -0.4 is 5.73 Å². The average Bonchev–Trinajstić information content (AvgIpc) is 3.27. The molecule has 0 bridgehead atoms. The summed E-state index contributed by atoms with van der Waals surface area (Å²) in [6, 6.07) is 1.66. The molecule has 0 aromatic carbocycles. The third-order valence-electron chi connectivity index (χ3n) is 5.62. The second-order valence-corrected chi connectivity index (χ2v) is 11.1. The molecule has 0 spiro atoms. The summed E-state index contributed by atoms with van der Waals surface area (Å²) in [7, 11) is -3.91. The van der Waals surface area contributed by atoms with Crippen LogP contribution in [0.2, 0.25) is 0 Å². The summed E-state index contributed by atoms with van der Waals surface area (Å²) in [5.74, 6) is -0.775. The van der Waals surface area contributed by atoms with E-state index in [0.29, 0.717) is 23.3 Å². The highest BCUT2D eigenvalue weighted by Gasteiger charge is 2.60. The Morgan fingerprint density at radius 3 is 2.91 bits per heavy atom. The highest BCUT2D eigenvalue weighted by molar-refractivity contribution is 7.48. The lowest BCUT2D eigenvalue weighted by Crippen LogP contribution is -2.44. The number of ether oxygens (including phenoxy) is 2. The largest absolute Gasteiger partial charge is 0.475 e. The number of hydrogen-bond donors (Lipinski definition) is 1. The minimum atomic E-state index is -3.91. The molecule has 2 aliphatic rings. The van der Waals surface area contributed by atoms with Crippen molar-refractivity contribution in [3.05, 3.63) is 18.6 Å². The number of nitrogen functional groups attached to an aromatic ring is 1. The van der Waals surface area contributed by atoms with Crippen molar-refractivity contribution >= 4 is 42.2 Å². The first-order chi connectivity index (χ1) is 15.5. The molecule has 182 valence electrons. The average molecular weight is 503 g/mol. The Hall–Kier alpha value is -1.75. The number of imidazole rings is 1. The zero-order chi connectivity index (χ0) is 24.0. The van der Waals surface area contributed by atoms with E-state index in [9.17, 15) is 9.36 Å². The summed E-state index contributed by atoms with van der Waals surface area (Å²) < 4.78 is 42.6. The van der Waals surface area contributed by atoms with Crippen LogP contribution in [0.15, 0.2) is 18.6 Å². The zero-order valence-electron chi connectivity index (χ0n) is 18.8. The van der Waals surface area contributed by atoms with E-state index in [1.54, 1.807) is 50.9 Å². The number of nitrogens with zero attached hydrogens (tertiary/aromatic N) is 3. The predicted octanol–water partition coefficient (Wildman–Crippen LogP) is 3.43. The Morgan fingerprint density at radius 2 is 2.18 bits per heavy atom. The van der Waals surface area contributed by atoms with Gasteiger partial charge < -0.3 is 15.2 Å². The van der Waals surface area contributed by atoms with Gasteiger partial charge in [-0.3, -0.25) is 22.9 Å². The van der Waals surface area contributed by atoms with Crippen LogP contribution in [0, 0.1) is 5.92 Å². The van der Waals surface area contributed by atoms with E-state index in [1.165, 1.54) is 0 Å².